The van der Waals surface area contributed by atoms with Gasteiger partial charge in [-0.2, -0.15) is 0 Å². The molecule has 1 aliphatic rings. The first-order chi connectivity index (χ1) is 20.1. The van der Waals surface area contributed by atoms with Crippen LogP contribution < -0.4 is 14.4 Å². The lowest BCUT2D eigenvalue weighted by molar-refractivity contribution is -0.139. The molecule has 0 heterocycles. The highest BCUT2D eigenvalue weighted by Gasteiger charge is 2.33. The third-order valence-electron chi connectivity index (χ3n) is 7.28. The maximum Gasteiger partial charge on any atom is 0.264 e. The normalized spacial score (nSPS) is 14.3. The lowest BCUT2D eigenvalue weighted by Crippen LogP contribution is -2.52. The fourth-order valence-electron chi connectivity index (χ4n) is 4.92. The zero-order valence-electron chi connectivity index (χ0n) is 23.6. The van der Waals surface area contributed by atoms with Crippen LogP contribution in [0.15, 0.2) is 77.7 Å². The number of carbonyl (C=O) groups is 2. The summed E-state index contributed by atoms with van der Waals surface area (Å²) in [5.41, 5.74) is 0.818. The molecule has 0 saturated heterocycles. The highest BCUT2D eigenvalue weighted by Crippen LogP contribution is 2.27. The topological polar surface area (TPSA) is 96.0 Å². The van der Waals surface area contributed by atoms with Crippen molar-refractivity contribution in [2.75, 3.05) is 17.5 Å². The van der Waals surface area contributed by atoms with E-state index in [4.69, 9.17) is 16.3 Å². The molecule has 8 nitrogen and oxygen atoms in total. The van der Waals surface area contributed by atoms with Crippen molar-refractivity contribution in [2.24, 2.45) is 0 Å². The number of hydrogen-bond donors (Lipinski definition) is 1. The van der Waals surface area contributed by atoms with Crippen molar-refractivity contribution in [3.05, 3.63) is 89.2 Å². The monoisotopic (exact) mass is 615 g/mol. The van der Waals surface area contributed by atoms with Crippen molar-refractivity contribution < 1.29 is 27.1 Å². The molecule has 42 heavy (non-hydrogen) atoms. The van der Waals surface area contributed by atoms with Crippen LogP contribution in [0.5, 0.6) is 5.75 Å². The second-order valence-electron chi connectivity index (χ2n) is 10.2. The third-order valence-corrected chi connectivity index (χ3v) is 9.44. The van der Waals surface area contributed by atoms with E-state index in [1.807, 2.05) is 6.92 Å². The van der Waals surface area contributed by atoms with Gasteiger partial charge in [0, 0.05) is 17.6 Å². The van der Waals surface area contributed by atoms with Gasteiger partial charge in [-0.05, 0) is 86.8 Å². The van der Waals surface area contributed by atoms with Crippen LogP contribution in [0.25, 0.3) is 0 Å². The molecule has 0 spiro atoms. The largest absolute Gasteiger partial charge is 0.494 e. The zero-order valence-corrected chi connectivity index (χ0v) is 25.2. The number of hydrogen-bond acceptors (Lipinski definition) is 5. The van der Waals surface area contributed by atoms with E-state index in [9.17, 15) is 22.4 Å². The summed E-state index contributed by atoms with van der Waals surface area (Å²) >= 11 is 6.41. The van der Waals surface area contributed by atoms with Gasteiger partial charge in [-0.15, -0.1) is 0 Å². The van der Waals surface area contributed by atoms with Crippen LogP contribution in [-0.4, -0.2) is 50.4 Å². The molecule has 1 atom stereocenters. The lowest BCUT2D eigenvalue weighted by Gasteiger charge is -2.32. The van der Waals surface area contributed by atoms with Crippen LogP contribution in [0.1, 0.15) is 45.1 Å². The molecule has 1 saturated carbocycles. The number of benzene rings is 3. The SMILES string of the molecule is CCOc1ccc(N(CC(=O)N(Cc2ccccc2Cl)[C@@H](C)C(=O)NC2CCCC2)S(=O)(=O)c2ccc(F)cc2)cc1. The van der Waals surface area contributed by atoms with Gasteiger partial charge in [-0.1, -0.05) is 42.6 Å². The van der Waals surface area contributed by atoms with Crippen LogP contribution in [0.2, 0.25) is 5.02 Å². The van der Waals surface area contributed by atoms with Gasteiger partial charge in [0.15, 0.2) is 0 Å². The molecule has 1 aliphatic carbocycles. The van der Waals surface area contributed by atoms with Crippen LogP contribution in [0.4, 0.5) is 10.1 Å². The number of halogens is 2. The van der Waals surface area contributed by atoms with Crippen LogP contribution in [0, 0.1) is 5.82 Å². The number of carbonyl (C=O) groups excluding carboxylic acids is 2. The summed E-state index contributed by atoms with van der Waals surface area (Å²) in [5, 5.41) is 3.45. The Balaban J connectivity index is 1.69. The smallest absolute Gasteiger partial charge is 0.264 e. The Bertz CT molecular complexity index is 1480. The summed E-state index contributed by atoms with van der Waals surface area (Å²) in [6.07, 6.45) is 3.80. The molecular formula is C31H35ClFN3O5S. The molecule has 3 aromatic carbocycles. The second kappa shape index (κ2) is 14.0. The van der Waals surface area contributed by atoms with Crippen LogP contribution in [0.3, 0.4) is 0 Å². The number of amides is 2. The number of rotatable bonds is 12. The highest BCUT2D eigenvalue weighted by atomic mass is 35.5. The van der Waals surface area contributed by atoms with Gasteiger partial charge < -0.3 is 15.0 Å². The minimum Gasteiger partial charge on any atom is -0.494 e. The molecule has 0 unspecified atom stereocenters. The third kappa shape index (κ3) is 7.60. The fraction of sp³-hybridized carbons (Fsp3) is 0.355. The van der Waals surface area contributed by atoms with E-state index < -0.39 is 34.3 Å². The van der Waals surface area contributed by atoms with Crippen molar-refractivity contribution in [1.29, 1.82) is 0 Å². The van der Waals surface area contributed by atoms with Crippen molar-refractivity contribution >= 4 is 39.1 Å². The Labute approximate surface area is 251 Å². The second-order valence-corrected chi connectivity index (χ2v) is 12.4. The summed E-state index contributed by atoms with van der Waals surface area (Å²) in [7, 11) is -4.32. The zero-order chi connectivity index (χ0) is 30.3. The molecule has 1 N–H and O–H groups in total. The van der Waals surface area contributed by atoms with E-state index in [-0.39, 0.29) is 29.1 Å². The van der Waals surface area contributed by atoms with E-state index >= 15 is 0 Å². The average Bonchev–Trinajstić information content (AvgIpc) is 3.49. The van der Waals surface area contributed by atoms with Gasteiger partial charge in [0.1, 0.15) is 24.2 Å². The lowest BCUT2D eigenvalue weighted by atomic mass is 10.1. The van der Waals surface area contributed by atoms with Crippen molar-refractivity contribution in [3.8, 4) is 5.75 Å². The molecule has 0 radical (unpaired) electrons. The molecule has 224 valence electrons. The number of anilines is 1. The first kappa shape index (κ1) is 31.3. The molecule has 1 fully saturated rings. The van der Waals surface area contributed by atoms with E-state index in [1.54, 1.807) is 43.3 Å². The molecular weight excluding hydrogens is 581 g/mol. The summed E-state index contributed by atoms with van der Waals surface area (Å²) in [6, 6.07) is 16.8. The van der Waals surface area contributed by atoms with E-state index in [1.165, 1.54) is 17.0 Å². The molecule has 0 aliphatic heterocycles. The van der Waals surface area contributed by atoms with Gasteiger partial charge in [0.2, 0.25) is 11.8 Å². The number of sulfonamides is 1. The summed E-state index contributed by atoms with van der Waals surface area (Å²) in [5.74, 6) is -0.991. The molecule has 0 aromatic heterocycles. The first-order valence-electron chi connectivity index (χ1n) is 13.9. The van der Waals surface area contributed by atoms with Crippen molar-refractivity contribution in [1.82, 2.24) is 10.2 Å². The molecule has 4 rings (SSSR count). The van der Waals surface area contributed by atoms with Crippen molar-refractivity contribution in [2.45, 2.75) is 63.1 Å². The molecule has 0 bridgehead atoms. The predicted molar refractivity (Wildman–Crippen MR) is 160 cm³/mol. The van der Waals surface area contributed by atoms with E-state index in [0.717, 1.165) is 54.3 Å². The highest BCUT2D eigenvalue weighted by molar-refractivity contribution is 7.92. The van der Waals surface area contributed by atoms with E-state index in [0.29, 0.717) is 22.9 Å². The Kier molecular flexibility index (Phi) is 10.5. The van der Waals surface area contributed by atoms with Crippen LogP contribution in [-0.2, 0) is 26.2 Å². The summed E-state index contributed by atoms with van der Waals surface area (Å²) in [4.78, 5) is 28.5. The predicted octanol–water partition coefficient (Wildman–Crippen LogP) is 5.55. The van der Waals surface area contributed by atoms with Crippen LogP contribution >= 0.6 is 11.6 Å². The first-order valence-corrected chi connectivity index (χ1v) is 15.8. The van der Waals surface area contributed by atoms with Gasteiger partial charge >= 0.3 is 0 Å². The fourth-order valence-corrected chi connectivity index (χ4v) is 6.53. The maximum absolute atomic E-state index is 14.0. The van der Waals surface area contributed by atoms with E-state index in [2.05, 4.69) is 5.32 Å². The number of nitrogens with zero attached hydrogens (tertiary/aromatic N) is 2. The molecule has 3 aromatic rings. The molecule has 2 amide bonds. The minimum atomic E-state index is -4.32. The maximum atomic E-state index is 14.0. The van der Waals surface area contributed by atoms with Gasteiger partial charge in [0.05, 0.1) is 17.2 Å². The van der Waals surface area contributed by atoms with Gasteiger partial charge in [-0.25, -0.2) is 12.8 Å². The Morgan fingerprint density at radius 3 is 2.29 bits per heavy atom. The Hall–Kier alpha value is -3.63. The van der Waals surface area contributed by atoms with Crippen molar-refractivity contribution in [3.63, 3.8) is 0 Å². The van der Waals surface area contributed by atoms with Gasteiger partial charge in [0.25, 0.3) is 10.0 Å². The quantitative estimate of drug-likeness (QED) is 0.288. The number of ether oxygens (including phenoxy) is 1. The minimum absolute atomic E-state index is 0.00846. The van der Waals surface area contributed by atoms with Gasteiger partial charge in [-0.3, -0.25) is 13.9 Å². The standard InChI is InChI=1S/C31H35ClFN3O5S/c1-3-41-27-16-14-26(15-17-27)36(42(39,40)28-18-12-24(33)13-19-28)21-30(37)35(20-23-8-4-7-11-29(23)32)22(2)31(38)34-25-9-5-6-10-25/h4,7-8,11-19,22,25H,3,5-6,9-10,20-21H2,1-2H3,(H,34,38)/t22-/m0/s1. The number of nitrogens with one attached hydrogen (secondary N) is 1. The summed E-state index contributed by atoms with van der Waals surface area (Å²) < 4.78 is 47.8. The Morgan fingerprint density at radius 2 is 1.67 bits per heavy atom. The molecule has 11 heteroatoms. The Morgan fingerprint density at radius 1 is 1.02 bits per heavy atom. The average molecular weight is 616 g/mol. The summed E-state index contributed by atoms with van der Waals surface area (Å²) in [6.45, 7) is 3.25.